The minimum atomic E-state index is -2.86. The monoisotopic (exact) mass is 275 g/mol. The Morgan fingerprint density at radius 1 is 1.18 bits per heavy atom. The molecule has 1 N–H and O–H groups in total. The molecule has 0 saturated carbocycles. The van der Waals surface area contributed by atoms with Gasteiger partial charge in [-0.25, -0.2) is 8.42 Å². The van der Waals surface area contributed by atoms with Crippen LogP contribution < -0.4 is 5.32 Å². The van der Waals surface area contributed by atoms with E-state index >= 15 is 0 Å². The first-order valence-corrected chi connectivity index (χ1v) is 7.98. The molecule has 3 nitrogen and oxygen atoms in total. The molecular formula is C12H18ClNO2S. The molecule has 1 aromatic carbocycles. The van der Waals surface area contributed by atoms with E-state index in [1.165, 1.54) is 0 Å². The highest BCUT2D eigenvalue weighted by Gasteiger charge is 2.05. The number of sulfone groups is 1. The van der Waals surface area contributed by atoms with Crippen molar-refractivity contribution in [1.82, 2.24) is 5.32 Å². The molecule has 0 fully saturated rings. The van der Waals surface area contributed by atoms with Crippen molar-refractivity contribution < 1.29 is 8.42 Å². The number of alkyl halides is 1. The van der Waals surface area contributed by atoms with Crippen LogP contribution in [0.15, 0.2) is 24.3 Å². The quantitative estimate of drug-likeness (QED) is 0.611. The van der Waals surface area contributed by atoms with Crippen molar-refractivity contribution in [1.29, 1.82) is 0 Å². The zero-order valence-electron chi connectivity index (χ0n) is 9.95. The largest absolute Gasteiger partial charge is 0.312 e. The Morgan fingerprint density at radius 2 is 1.76 bits per heavy atom. The van der Waals surface area contributed by atoms with Crippen LogP contribution in [0.3, 0.4) is 0 Å². The van der Waals surface area contributed by atoms with Gasteiger partial charge in [0.15, 0.2) is 9.84 Å². The maximum absolute atomic E-state index is 11.2. The Hall–Kier alpha value is -0.580. The Morgan fingerprint density at radius 3 is 2.29 bits per heavy atom. The third-order valence-electron chi connectivity index (χ3n) is 2.54. The van der Waals surface area contributed by atoms with Gasteiger partial charge in [-0.2, -0.15) is 0 Å². The van der Waals surface area contributed by atoms with Crippen LogP contribution in [0.25, 0.3) is 0 Å². The average molecular weight is 276 g/mol. The molecule has 17 heavy (non-hydrogen) atoms. The lowest BCUT2D eigenvalue weighted by molar-refractivity contribution is 0.592. The second-order valence-electron chi connectivity index (χ2n) is 3.86. The van der Waals surface area contributed by atoms with Gasteiger partial charge in [0.25, 0.3) is 0 Å². The van der Waals surface area contributed by atoms with Crippen molar-refractivity contribution in [2.75, 3.05) is 18.1 Å². The summed E-state index contributed by atoms with van der Waals surface area (Å²) in [5.41, 5.74) is 2.22. The van der Waals surface area contributed by atoms with E-state index in [0.717, 1.165) is 11.1 Å². The van der Waals surface area contributed by atoms with Crippen LogP contribution in [0.2, 0.25) is 0 Å². The third kappa shape index (κ3) is 5.52. The lowest BCUT2D eigenvalue weighted by Gasteiger charge is -2.05. The van der Waals surface area contributed by atoms with Gasteiger partial charge in [-0.05, 0) is 11.1 Å². The fourth-order valence-electron chi connectivity index (χ4n) is 1.35. The highest BCUT2D eigenvalue weighted by Crippen LogP contribution is 2.06. The van der Waals surface area contributed by atoms with E-state index in [4.69, 9.17) is 11.6 Å². The second-order valence-corrected chi connectivity index (χ2v) is 6.60. The Labute approximate surface area is 108 Å². The molecule has 1 rings (SSSR count). The predicted molar refractivity (Wildman–Crippen MR) is 72.0 cm³/mol. The number of benzene rings is 1. The summed E-state index contributed by atoms with van der Waals surface area (Å²) < 4.78 is 22.5. The standard InChI is InChI=1S/C12H18ClNO2S/c1-2-17(15,16)8-7-14-10-12-5-3-11(9-13)4-6-12/h3-6,14H,2,7-10H2,1H3. The predicted octanol–water partition coefficient (Wildman–Crippen LogP) is 1.95. The fourth-order valence-corrected chi connectivity index (χ4v) is 2.27. The molecule has 0 aromatic heterocycles. The molecule has 0 atom stereocenters. The van der Waals surface area contributed by atoms with Crippen LogP contribution in [0.5, 0.6) is 0 Å². The van der Waals surface area contributed by atoms with Crippen LogP contribution >= 0.6 is 11.6 Å². The van der Waals surface area contributed by atoms with Crippen LogP contribution in [0.1, 0.15) is 18.1 Å². The molecule has 5 heteroatoms. The third-order valence-corrected chi connectivity index (χ3v) is 4.55. The first-order chi connectivity index (χ1) is 8.07. The van der Waals surface area contributed by atoms with Crippen LogP contribution in [0, 0.1) is 0 Å². The van der Waals surface area contributed by atoms with Gasteiger partial charge in [0.1, 0.15) is 0 Å². The molecule has 0 aliphatic heterocycles. The van der Waals surface area contributed by atoms with Crippen molar-refractivity contribution in [3.8, 4) is 0 Å². The van der Waals surface area contributed by atoms with Crippen LogP contribution in [-0.4, -0.2) is 26.5 Å². The molecular weight excluding hydrogens is 258 g/mol. The number of hydrogen-bond donors (Lipinski definition) is 1. The van der Waals surface area contributed by atoms with E-state index in [2.05, 4.69) is 5.32 Å². The van der Waals surface area contributed by atoms with E-state index in [1.54, 1.807) is 6.92 Å². The van der Waals surface area contributed by atoms with Crippen molar-refractivity contribution in [3.63, 3.8) is 0 Å². The summed E-state index contributed by atoms with van der Waals surface area (Å²) >= 11 is 5.69. The highest BCUT2D eigenvalue weighted by atomic mass is 35.5. The maximum Gasteiger partial charge on any atom is 0.151 e. The molecule has 0 aliphatic carbocycles. The molecule has 0 radical (unpaired) electrons. The maximum atomic E-state index is 11.2. The van der Waals surface area contributed by atoms with E-state index in [-0.39, 0.29) is 11.5 Å². The number of halogens is 1. The molecule has 0 heterocycles. The van der Waals surface area contributed by atoms with E-state index in [0.29, 0.717) is 19.0 Å². The van der Waals surface area contributed by atoms with Gasteiger partial charge in [0.05, 0.1) is 5.75 Å². The summed E-state index contributed by atoms with van der Waals surface area (Å²) in [6, 6.07) is 7.96. The number of nitrogens with one attached hydrogen (secondary N) is 1. The summed E-state index contributed by atoms with van der Waals surface area (Å²) in [7, 11) is -2.86. The molecule has 0 spiro atoms. The van der Waals surface area contributed by atoms with Gasteiger partial charge in [-0.1, -0.05) is 31.2 Å². The summed E-state index contributed by atoms with van der Waals surface area (Å²) in [5.74, 6) is 0.921. The minimum Gasteiger partial charge on any atom is -0.312 e. The van der Waals surface area contributed by atoms with Gasteiger partial charge in [-0.3, -0.25) is 0 Å². The Bertz CT molecular complexity index is 428. The Balaban J connectivity index is 2.31. The summed E-state index contributed by atoms with van der Waals surface area (Å²) in [4.78, 5) is 0. The van der Waals surface area contributed by atoms with Crippen molar-refractivity contribution in [3.05, 3.63) is 35.4 Å². The zero-order chi connectivity index (χ0) is 12.7. The summed E-state index contributed by atoms with van der Waals surface area (Å²) in [6.45, 7) is 2.84. The molecule has 0 bridgehead atoms. The summed E-state index contributed by atoms with van der Waals surface area (Å²) in [6.07, 6.45) is 0. The van der Waals surface area contributed by atoms with Crippen molar-refractivity contribution in [2.24, 2.45) is 0 Å². The first-order valence-electron chi connectivity index (χ1n) is 5.62. The summed E-state index contributed by atoms with van der Waals surface area (Å²) in [5, 5.41) is 3.12. The molecule has 0 aliphatic rings. The van der Waals surface area contributed by atoms with Gasteiger partial charge in [-0.15, -0.1) is 11.6 Å². The van der Waals surface area contributed by atoms with Gasteiger partial charge >= 0.3 is 0 Å². The van der Waals surface area contributed by atoms with Crippen molar-refractivity contribution >= 4 is 21.4 Å². The molecule has 0 saturated heterocycles. The minimum absolute atomic E-state index is 0.198. The molecule has 0 unspecified atom stereocenters. The zero-order valence-corrected chi connectivity index (χ0v) is 11.5. The Kier molecular flexibility index (Phi) is 5.95. The number of rotatable bonds is 7. The van der Waals surface area contributed by atoms with Crippen LogP contribution in [-0.2, 0) is 22.3 Å². The topological polar surface area (TPSA) is 46.2 Å². The molecule has 1 aromatic rings. The molecule has 96 valence electrons. The van der Waals surface area contributed by atoms with Crippen LogP contribution in [0.4, 0.5) is 0 Å². The lowest BCUT2D eigenvalue weighted by atomic mass is 10.1. The SMILES string of the molecule is CCS(=O)(=O)CCNCc1ccc(CCl)cc1. The number of hydrogen-bond acceptors (Lipinski definition) is 3. The lowest BCUT2D eigenvalue weighted by Crippen LogP contribution is -2.23. The van der Waals surface area contributed by atoms with E-state index < -0.39 is 9.84 Å². The van der Waals surface area contributed by atoms with E-state index in [1.807, 2.05) is 24.3 Å². The second kappa shape index (κ2) is 6.99. The van der Waals surface area contributed by atoms with Gasteiger partial charge in [0, 0.05) is 24.7 Å². The normalized spacial score (nSPS) is 11.6. The van der Waals surface area contributed by atoms with Crippen molar-refractivity contribution in [2.45, 2.75) is 19.3 Å². The highest BCUT2D eigenvalue weighted by molar-refractivity contribution is 7.91. The van der Waals surface area contributed by atoms with Gasteiger partial charge < -0.3 is 5.32 Å². The van der Waals surface area contributed by atoms with E-state index in [9.17, 15) is 8.42 Å². The fraction of sp³-hybridized carbons (Fsp3) is 0.500. The van der Waals surface area contributed by atoms with Gasteiger partial charge in [0.2, 0.25) is 0 Å². The molecule has 0 amide bonds. The smallest absolute Gasteiger partial charge is 0.151 e. The average Bonchev–Trinajstić information content (AvgIpc) is 2.35. The first kappa shape index (κ1) is 14.5.